The summed E-state index contributed by atoms with van der Waals surface area (Å²) in [5.41, 5.74) is 1.02. The summed E-state index contributed by atoms with van der Waals surface area (Å²) in [6.45, 7) is 2.14. The van der Waals surface area contributed by atoms with Crippen molar-refractivity contribution < 1.29 is 14.5 Å². The van der Waals surface area contributed by atoms with Crippen molar-refractivity contribution in [3.8, 4) is 0 Å². The second kappa shape index (κ2) is 9.00. The molecule has 7 nitrogen and oxygen atoms in total. The number of rotatable bonds is 9. The van der Waals surface area contributed by atoms with Gasteiger partial charge in [0.15, 0.2) is 0 Å². The second-order valence-corrected chi connectivity index (χ2v) is 4.19. The maximum Gasteiger partial charge on any atom is 0.269 e. The molecular weight excluding hydrogens is 262 g/mol. The quantitative estimate of drug-likeness (QED) is 0.397. The Morgan fingerprint density at radius 1 is 1.30 bits per heavy atom. The molecule has 0 bridgehead atoms. The van der Waals surface area contributed by atoms with Gasteiger partial charge in [-0.3, -0.25) is 14.9 Å². The van der Waals surface area contributed by atoms with Crippen LogP contribution in [0.1, 0.15) is 12.0 Å². The van der Waals surface area contributed by atoms with Crippen LogP contribution in [0.2, 0.25) is 0 Å². The van der Waals surface area contributed by atoms with E-state index >= 15 is 0 Å². The Hall–Kier alpha value is -1.99. The van der Waals surface area contributed by atoms with E-state index in [0.29, 0.717) is 32.7 Å². The smallest absolute Gasteiger partial charge is 0.269 e. The molecule has 2 N–H and O–H groups in total. The van der Waals surface area contributed by atoms with Crippen LogP contribution in [0.15, 0.2) is 24.3 Å². The molecule has 0 aliphatic rings. The first kappa shape index (κ1) is 16.1. The molecule has 0 aromatic heterocycles. The Balaban J connectivity index is 2.17. The van der Waals surface area contributed by atoms with Crippen molar-refractivity contribution in [2.24, 2.45) is 0 Å². The Morgan fingerprint density at radius 3 is 2.60 bits per heavy atom. The van der Waals surface area contributed by atoms with Gasteiger partial charge in [-0.05, 0) is 5.56 Å². The van der Waals surface area contributed by atoms with E-state index in [1.807, 2.05) is 0 Å². The number of carbonyl (C=O) groups is 1. The van der Waals surface area contributed by atoms with Gasteiger partial charge in [-0.25, -0.2) is 0 Å². The Bertz CT molecular complexity index is 434. The van der Waals surface area contributed by atoms with Gasteiger partial charge in [0.1, 0.15) is 0 Å². The molecule has 0 aliphatic carbocycles. The number of benzene rings is 1. The summed E-state index contributed by atoms with van der Waals surface area (Å²) < 4.78 is 4.82. The third kappa shape index (κ3) is 6.26. The average molecular weight is 281 g/mol. The van der Waals surface area contributed by atoms with Crippen molar-refractivity contribution in [1.29, 1.82) is 0 Å². The first-order valence-corrected chi connectivity index (χ1v) is 6.33. The first-order valence-electron chi connectivity index (χ1n) is 6.33. The van der Waals surface area contributed by atoms with Gasteiger partial charge in [-0.2, -0.15) is 0 Å². The molecular formula is C13H19N3O4. The molecule has 1 rings (SSSR count). The van der Waals surface area contributed by atoms with Crippen LogP contribution in [0.3, 0.4) is 0 Å². The van der Waals surface area contributed by atoms with Crippen LogP contribution in [0.4, 0.5) is 5.69 Å². The van der Waals surface area contributed by atoms with E-state index in [1.165, 1.54) is 12.1 Å². The number of hydrogen-bond acceptors (Lipinski definition) is 5. The molecule has 1 aromatic carbocycles. The topological polar surface area (TPSA) is 93.5 Å². The zero-order chi connectivity index (χ0) is 14.8. The van der Waals surface area contributed by atoms with E-state index < -0.39 is 4.92 Å². The van der Waals surface area contributed by atoms with E-state index in [2.05, 4.69) is 10.6 Å². The number of carbonyl (C=O) groups excluding carboxylic acids is 1. The van der Waals surface area contributed by atoms with Gasteiger partial charge in [-0.1, -0.05) is 12.1 Å². The predicted octanol–water partition coefficient (Wildman–Crippen LogP) is 0.837. The number of nitro groups is 1. The van der Waals surface area contributed by atoms with Crippen molar-refractivity contribution >= 4 is 11.6 Å². The number of nitrogens with one attached hydrogen (secondary N) is 2. The molecule has 7 heteroatoms. The fourth-order valence-electron chi connectivity index (χ4n) is 1.55. The minimum Gasteiger partial charge on any atom is -0.383 e. The van der Waals surface area contributed by atoms with Gasteiger partial charge >= 0.3 is 0 Å². The van der Waals surface area contributed by atoms with Crippen LogP contribution in [0.25, 0.3) is 0 Å². The summed E-state index contributed by atoms with van der Waals surface area (Å²) in [6, 6.07) is 6.33. The first-order chi connectivity index (χ1) is 9.63. The van der Waals surface area contributed by atoms with Gasteiger partial charge in [0.25, 0.3) is 5.69 Å². The number of methoxy groups -OCH3 is 1. The molecule has 0 saturated carbocycles. The van der Waals surface area contributed by atoms with E-state index in [0.717, 1.165) is 5.56 Å². The molecule has 0 fully saturated rings. The lowest BCUT2D eigenvalue weighted by Gasteiger charge is -2.06. The highest BCUT2D eigenvalue weighted by Gasteiger charge is 2.04. The van der Waals surface area contributed by atoms with E-state index in [4.69, 9.17) is 4.74 Å². The van der Waals surface area contributed by atoms with E-state index in [-0.39, 0.29) is 11.6 Å². The van der Waals surface area contributed by atoms with Gasteiger partial charge in [0, 0.05) is 45.3 Å². The summed E-state index contributed by atoms with van der Waals surface area (Å²) >= 11 is 0. The van der Waals surface area contributed by atoms with Crippen LogP contribution < -0.4 is 10.6 Å². The molecule has 1 amide bonds. The second-order valence-electron chi connectivity index (χ2n) is 4.19. The molecule has 0 heterocycles. The zero-order valence-corrected chi connectivity index (χ0v) is 11.4. The number of hydrogen-bond donors (Lipinski definition) is 2. The lowest BCUT2D eigenvalue weighted by atomic mass is 10.2. The molecule has 0 saturated heterocycles. The highest BCUT2D eigenvalue weighted by atomic mass is 16.6. The SMILES string of the molecule is COCCNC(=O)CCNCc1ccc([N+](=O)[O-])cc1. The van der Waals surface area contributed by atoms with Crippen LogP contribution in [0.5, 0.6) is 0 Å². The zero-order valence-electron chi connectivity index (χ0n) is 11.4. The monoisotopic (exact) mass is 281 g/mol. The van der Waals surface area contributed by atoms with Crippen molar-refractivity contribution in [3.05, 3.63) is 39.9 Å². The van der Waals surface area contributed by atoms with Crippen LogP contribution in [-0.2, 0) is 16.1 Å². The largest absolute Gasteiger partial charge is 0.383 e. The maximum absolute atomic E-state index is 11.4. The van der Waals surface area contributed by atoms with Crippen molar-refractivity contribution in [1.82, 2.24) is 10.6 Å². The number of ether oxygens (including phenoxy) is 1. The van der Waals surface area contributed by atoms with Crippen LogP contribution >= 0.6 is 0 Å². The minimum atomic E-state index is -0.429. The standard InChI is InChI=1S/C13H19N3O4/c1-20-9-8-15-13(17)6-7-14-10-11-2-4-12(5-3-11)16(18)19/h2-5,14H,6-10H2,1H3,(H,15,17). The van der Waals surface area contributed by atoms with E-state index in [1.54, 1.807) is 19.2 Å². The third-order valence-electron chi connectivity index (χ3n) is 2.63. The molecule has 0 spiro atoms. The summed E-state index contributed by atoms with van der Waals surface area (Å²) in [6.07, 6.45) is 0.386. The average Bonchev–Trinajstić information content (AvgIpc) is 2.44. The molecule has 0 unspecified atom stereocenters. The number of nitro benzene ring substituents is 1. The van der Waals surface area contributed by atoms with Crippen LogP contribution in [0, 0.1) is 10.1 Å². The molecule has 0 aliphatic heterocycles. The Morgan fingerprint density at radius 2 is 2.00 bits per heavy atom. The summed E-state index contributed by atoms with van der Waals surface area (Å²) in [7, 11) is 1.58. The van der Waals surface area contributed by atoms with E-state index in [9.17, 15) is 14.9 Å². The fourth-order valence-corrected chi connectivity index (χ4v) is 1.55. The Kier molecular flexibility index (Phi) is 7.23. The van der Waals surface area contributed by atoms with Gasteiger partial charge in [-0.15, -0.1) is 0 Å². The number of nitrogens with zero attached hydrogens (tertiary/aromatic N) is 1. The highest BCUT2D eigenvalue weighted by Crippen LogP contribution is 2.11. The lowest BCUT2D eigenvalue weighted by Crippen LogP contribution is -2.29. The van der Waals surface area contributed by atoms with Crippen molar-refractivity contribution in [2.75, 3.05) is 26.8 Å². The number of amides is 1. The molecule has 1 aromatic rings. The van der Waals surface area contributed by atoms with Gasteiger partial charge in [0.05, 0.1) is 11.5 Å². The minimum absolute atomic E-state index is 0.0294. The maximum atomic E-state index is 11.4. The fraction of sp³-hybridized carbons (Fsp3) is 0.462. The van der Waals surface area contributed by atoms with Crippen molar-refractivity contribution in [3.63, 3.8) is 0 Å². The third-order valence-corrected chi connectivity index (χ3v) is 2.63. The summed E-state index contributed by atoms with van der Waals surface area (Å²) in [5, 5.41) is 16.3. The Labute approximate surface area is 117 Å². The number of non-ortho nitro benzene ring substituents is 1. The predicted molar refractivity (Wildman–Crippen MR) is 74.3 cm³/mol. The summed E-state index contributed by atoms with van der Waals surface area (Å²) in [4.78, 5) is 21.4. The van der Waals surface area contributed by atoms with Gasteiger partial charge in [0.2, 0.25) is 5.91 Å². The van der Waals surface area contributed by atoms with Gasteiger partial charge < -0.3 is 15.4 Å². The molecule has 0 radical (unpaired) electrons. The lowest BCUT2D eigenvalue weighted by molar-refractivity contribution is -0.384. The molecule has 110 valence electrons. The van der Waals surface area contributed by atoms with Crippen molar-refractivity contribution in [2.45, 2.75) is 13.0 Å². The summed E-state index contributed by atoms with van der Waals surface area (Å²) in [5.74, 6) is -0.0294. The molecule has 20 heavy (non-hydrogen) atoms. The normalized spacial score (nSPS) is 10.2. The molecule has 0 atom stereocenters. The highest BCUT2D eigenvalue weighted by molar-refractivity contribution is 5.76. The van der Waals surface area contributed by atoms with Crippen LogP contribution in [-0.4, -0.2) is 37.6 Å².